The number of carbonyl (C=O) groups excluding carboxylic acids is 1. The summed E-state index contributed by atoms with van der Waals surface area (Å²) < 4.78 is 0. The molecular formula is C17H19Cl2N2O+. The van der Waals surface area contributed by atoms with Gasteiger partial charge < -0.3 is 10.6 Å². The van der Waals surface area contributed by atoms with E-state index >= 15 is 0 Å². The molecule has 2 aromatic rings. The molecule has 1 atom stereocenters. The summed E-state index contributed by atoms with van der Waals surface area (Å²) in [5, 5.41) is 6.24. The molecule has 0 aromatic heterocycles. The van der Waals surface area contributed by atoms with Crippen molar-refractivity contribution >= 4 is 34.8 Å². The molecule has 0 unspecified atom stereocenters. The maximum atomic E-state index is 12.1. The Hall–Kier alpha value is -1.55. The van der Waals surface area contributed by atoms with Gasteiger partial charge in [-0.1, -0.05) is 41.4 Å². The van der Waals surface area contributed by atoms with E-state index in [-0.39, 0.29) is 11.9 Å². The third kappa shape index (κ3) is 4.47. The number of nitrogens with one attached hydrogen (secondary N) is 1. The zero-order valence-corrected chi connectivity index (χ0v) is 14.1. The van der Waals surface area contributed by atoms with E-state index in [2.05, 4.69) is 5.32 Å². The van der Waals surface area contributed by atoms with Crippen LogP contribution in [0.25, 0.3) is 0 Å². The minimum atomic E-state index is -0.0515. The van der Waals surface area contributed by atoms with Gasteiger partial charge in [0.2, 0.25) is 0 Å². The molecule has 0 spiro atoms. The molecule has 0 aliphatic rings. The number of amides is 1. The van der Waals surface area contributed by atoms with Crippen molar-refractivity contribution in [3.05, 3.63) is 63.6 Å². The van der Waals surface area contributed by atoms with E-state index in [0.717, 1.165) is 21.8 Å². The Morgan fingerprint density at radius 3 is 2.64 bits per heavy atom. The van der Waals surface area contributed by atoms with E-state index in [1.165, 1.54) is 0 Å². The molecule has 2 aromatic carbocycles. The van der Waals surface area contributed by atoms with Gasteiger partial charge in [-0.3, -0.25) is 4.79 Å². The van der Waals surface area contributed by atoms with E-state index in [1.807, 2.05) is 55.6 Å². The van der Waals surface area contributed by atoms with Gasteiger partial charge in [0.1, 0.15) is 6.04 Å². The van der Waals surface area contributed by atoms with Gasteiger partial charge in [0.15, 0.2) is 6.54 Å². The van der Waals surface area contributed by atoms with Gasteiger partial charge in [-0.2, -0.15) is 0 Å². The molecule has 1 amide bonds. The van der Waals surface area contributed by atoms with Crippen LogP contribution in [0, 0.1) is 6.92 Å². The number of rotatable bonds is 5. The first-order valence-electron chi connectivity index (χ1n) is 7.11. The molecule has 0 saturated heterocycles. The van der Waals surface area contributed by atoms with Crippen LogP contribution in [0.2, 0.25) is 10.0 Å². The average molecular weight is 338 g/mol. The summed E-state index contributed by atoms with van der Waals surface area (Å²) in [6.45, 7) is 4.27. The molecular weight excluding hydrogens is 319 g/mol. The molecule has 5 heteroatoms. The fourth-order valence-electron chi connectivity index (χ4n) is 2.22. The van der Waals surface area contributed by atoms with Crippen molar-refractivity contribution in [1.29, 1.82) is 0 Å². The summed E-state index contributed by atoms with van der Waals surface area (Å²) in [5.74, 6) is -0.0515. The molecule has 0 bridgehead atoms. The van der Waals surface area contributed by atoms with Crippen LogP contribution < -0.4 is 10.6 Å². The molecule has 0 aliphatic carbocycles. The lowest BCUT2D eigenvalue weighted by Crippen LogP contribution is -2.86. The van der Waals surface area contributed by atoms with Crippen molar-refractivity contribution in [1.82, 2.24) is 0 Å². The third-order valence-corrected chi connectivity index (χ3v) is 4.09. The number of quaternary nitrogens is 1. The molecule has 3 nitrogen and oxygen atoms in total. The van der Waals surface area contributed by atoms with E-state index < -0.39 is 0 Å². The highest BCUT2D eigenvalue weighted by molar-refractivity contribution is 6.31. The van der Waals surface area contributed by atoms with Crippen LogP contribution >= 0.6 is 23.2 Å². The van der Waals surface area contributed by atoms with Crippen molar-refractivity contribution in [2.24, 2.45) is 0 Å². The van der Waals surface area contributed by atoms with Crippen LogP contribution in [0.4, 0.5) is 5.69 Å². The van der Waals surface area contributed by atoms with Gasteiger partial charge in [0.25, 0.3) is 5.91 Å². The molecule has 0 heterocycles. The minimum absolute atomic E-state index is 0.0515. The van der Waals surface area contributed by atoms with Crippen LogP contribution in [0.15, 0.2) is 42.5 Å². The highest BCUT2D eigenvalue weighted by atomic mass is 35.5. The number of benzene rings is 2. The number of hydrogen-bond donors (Lipinski definition) is 2. The fraction of sp³-hybridized carbons (Fsp3) is 0.235. The van der Waals surface area contributed by atoms with E-state index in [9.17, 15) is 4.79 Å². The number of nitrogens with two attached hydrogens (primary N) is 1. The third-order valence-electron chi connectivity index (χ3n) is 3.52. The zero-order valence-electron chi connectivity index (χ0n) is 12.6. The van der Waals surface area contributed by atoms with Crippen molar-refractivity contribution in [2.75, 3.05) is 11.9 Å². The average Bonchev–Trinajstić information content (AvgIpc) is 2.48. The summed E-state index contributed by atoms with van der Waals surface area (Å²) in [6, 6.07) is 13.2. The first-order chi connectivity index (χ1) is 10.5. The molecule has 0 fully saturated rings. The van der Waals surface area contributed by atoms with E-state index in [0.29, 0.717) is 11.6 Å². The van der Waals surface area contributed by atoms with Crippen molar-refractivity contribution in [2.45, 2.75) is 19.9 Å². The first kappa shape index (κ1) is 16.8. The van der Waals surface area contributed by atoms with Crippen LogP contribution in [-0.4, -0.2) is 12.5 Å². The fourth-order valence-corrected chi connectivity index (χ4v) is 2.76. The summed E-state index contributed by atoms with van der Waals surface area (Å²) in [6.07, 6.45) is 0. The van der Waals surface area contributed by atoms with E-state index in [1.54, 1.807) is 6.07 Å². The second-order valence-electron chi connectivity index (χ2n) is 5.26. The largest absolute Gasteiger partial charge is 0.332 e. The second-order valence-corrected chi connectivity index (χ2v) is 6.10. The molecule has 2 rings (SSSR count). The maximum Gasteiger partial charge on any atom is 0.279 e. The van der Waals surface area contributed by atoms with Crippen LogP contribution in [0.1, 0.15) is 24.1 Å². The predicted octanol–water partition coefficient (Wildman–Crippen LogP) is 3.56. The Kier molecular flexibility index (Phi) is 5.83. The summed E-state index contributed by atoms with van der Waals surface area (Å²) in [5.41, 5.74) is 2.76. The topological polar surface area (TPSA) is 45.7 Å². The quantitative estimate of drug-likeness (QED) is 0.860. The van der Waals surface area contributed by atoms with Crippen LogP contribution in [0.5, 0.6) is 0 Å². The Morgan fingerprint density at radius 2 is 1.95 bits per heavy atom. The van der Waals surface area contributed by atoms with Gasteiger partial charge in [-0.25, -0.2) is 0 Å². The smallest absolute Gasteiger partial charge is 0.279 e. The number of hydrogen-bond acceptors (Lipinski definition) is 1. The number of halogens is 2. The Labute approximate surface area is 140 Å². The van der Waals surface area contributed by atoms with Gasteiger partial charge in [0.05, 0.1) is 0 Å². The van der Waals surface area contributed by atoms with Crippen molar-refractivity contribution in [3.63, 3.8) is 0 Å². The Morgan fingerprint density at radius 1 is 1.23 bits per heavy atom. The van der Waals surface area contributed by atoms with Gasteiger partial charge in [-0.15, -0.1) is 0 Å². The summed E-state index contributed by atoms with van der Waals surface area (Å²) in [4.78, 5) is 12.1. The zero-order chi connectivity index (χ0) is 16.1. The van der Waals surface area contributed by atoms with Crippen molar-refractivity contribution in [3.8, 4) is 0 Å². The molecule has 22 heavy (non-hydrogen) atoms. The van der Waals surface area contributed by atoms with E-state index in [4.69, 9.17) is 23.2 Å². The van der Waals surface area contributed by atoms with Gasteiger partial charge >= 0.3 is 0 Å². The lowest BCUT2D eigenvalue weighted by Gasteiger charge is -2.13. The standard InChI is InChI=1S/C17H18Cl2N2O/c1-11-9-13(18)7-8-16(11)21-17(22)10-20-12(2)14-5-3-4-6-15(14)19/h3-9,12,20H,10H2,1-2H3,(H,21,22)/p+1/t12-/m1/s1. The molecule has 0 radical (unpaired) electrons. The predicted molar refractivity (Wildman–Crippen MR) is 91.5 cm³/mol. The number of carbonyl (C=O) groups is 1. The number of aryl methyl sites for hydroxylation is 1. The molecule has 0 saturated carbocycles. The minimum Gasteiger partial charge on any atom is -0.332 e. The lowest BCUT2D eigenvalue weighted by molar-refractivity contribution is -0.682. The number of anilines is 1. The highest BCUT2D eigenvalue weighted by Gasteiger charge is 2.14. The van der Waals surface area contributed by atoms with Crippen LogP contribution in [-0.2, 0) is 4.79 Å². The summed E-state index contributed by atoms with van der Waals surface area (Å²) >= 11 is 12.1. The van der Waals surface area contributed by atoms with Crippen molar-refractivity contribution < 1.29 is 10.1 Å². The first-order valence-corrected chi connectivity index (χ1v) is 7.86. The van der Waals surface area contributed by atoms with Gasteiger partial charge in [-0.05, 0) is 43.7 Å². The molecule has 116 valence electrons. The van der Waals surface area contributed by atoms with Crippen LogP contribution in [0.3, 0.4) is 0 Å². The Balaban J connectivity index is 1.91. The lowest BCUT2D eigenvalue weighted by atomic mass is 10.1. The highest BCUT2D eigenvalue weighted by Crippen LogP contribution is 2.20. The maximum absolute atomic E-state index is 12.1. The monoisotopic (exact) mass is 337 g/mol. The second kappa shape index (κ2) is 7.63. The molecule has 0 aliphatic heterocycles. The normalized spacial score (nSPS) is 12.0. The SMILES string of the molecule is Cc1cc(Cl)ccc1NC(=O)C[NH2+][C@H](C)c1ccccc1Cl. The summed E-state index contributed by atoms with van der Waals surface area (Å²) in [7, 11) is 0. The molecule has 3 N–H and O–H groups in total. The Bertz CT molecular complexity index is 673. The van der Waals surface area contributed by atoms with Gasteiger partial charge in [0, 0.05) is 21.3 Å².